The lowest BCUT2D eigenvalue weighted by Crippen LogP contribution is -2.23. The topological polar surface area (TPSA) is 62.5 Å². The summed E-state index contributed by atoms with van der Waals surface area (Å²) in [6.45, 7) is 0.468. The maximum absolute atomic E-state index is 13.3. The molecule has 0 aliphatic rings. The molecule has 6 heteroatoms. The fraction of sp³-hybridized carbons (Fsp3) is 0.267. The van der Waals surface area contributed by atoms with E-state index < -0.39 is 11.9 Å². The van der Waals surface area contributed by atoms with Crippen LogP contribution in [0.1, 0.15) is 10.4 Å². The second-order valence-corrected chi connectivity index (χ2v) is 5.32. The number of thiophene rings is 1. The molecule has 0 saturated heterocycles. The molecule has 0 amide bonds. The zero-order valence-corrected chi connectivity index (χ0v) is 12.0. The van der Waals surface area contributed by atoms with Crippen molar-refractivity contribution in [2.24, 2.45) is 0 Å². The maximum atomic E-state index is 13.3. The van der Waals surface area contributed by atoms with Crippen LogP contribution in [0.3, 0.4) is 0 Å². The zero-order chi connectivity index (χ0) is 15.1. The first-order valence-corrected chi connectivity index (χ1v) is 7.18. The molecule has 0 saturated carbocycles. The van der Waals surface area contributed by atoms with Crippen LogP contribution >= 0.6 is 11.3 Å². The summed E-state index contributed by atoms with van der Waals surface area (Å²) < 4.78 is 24.0. The van der Waals surface area contributed by atoms with Crippen LogP contribution in [0, 0.1) is 17.1 Å². The summed E-state index contributed by atoms with van der Waals surface area (Å²) >= 11 is 1.58. The lowest BCUT2D eigenvalue weighted by atomic mass is 10.2. The van der Waals surface area contributed by atoms with Gasteiger partial charge in [0, 0.05) is 4.88 Å². The lowest BCUT2D eigenvalue weighted by molar-refractivity contribution is 0.00615. The van der Waals surface area contributed by atoms with Crippen molar-refractivity contribution in [2.45, 2.75) is 12.7 Å². The zero-order valence-electron chi connectivity index (χ0n) is 11.2. The Balaban J connectivity index is 1.77. The molecule has 1 aromatic carbocycles. The average Bonchev–Trinajstić information content (AvgIpc) is 2.98. The third-order valence-corrected chi connectivity index (χ3v) is 3.50. The van der Waals surface area contributed by atoms with Gasteiger partial charge in [-0.3, -0.25) is 0 Å². The van der Waals surface area contributed by atoms with Gasteiger partial charge in [-0.05, 0) is 23.6 Å². The Morgan fingerprint density at radius 2 is 2.14 bits per heavy atom. The van der Waals surface area contributed by atoms with E-state index in [4.69, 9.17) is 14.7 Å². The number of halogens is 1. The van der Waals surface area contributed by atoms with Gasteiger partial charge in [-0.25, -0.2) is 4.39 Å². The van der Waals surface area contributed by atoms with Crippen LogP contribution in [0.2, 0.25) is 0 Å². The molecular weight excluding hydrogens is 293 g/mol. The highest BCUT2D eigenvalue weighted by atomic mass is 32.1. The molecule has 0 aliphatic carbocycles. The highest BCUT2D eigenvalue weighted by Gasteiger charge is 2.11. The standard InChI is InChI=1S/C15H14FNO3S/c16-14-4-1-5-15(13(14)7-17)20-9-11(18)8-19-10-12-3-2-6-21-12/h1-6,11,18H,8-10H2. The van der Waals surface area contributed by atoms with Crippen molar-refractivity contribution in [3.05, 3.63) is 52.0 Å². The molecule has 0 fully saturated rings. The smallest absolute Gasteiger partial charge is 0.144 e. The highest BCUT2D eigenvalue weighted by molar-refractivity contribution is 7.09. The van der Waals surface area contributed by atoms with Crippen LogP contribution in [0.25, 0.3) is 0 Å². The SMILES string of the molecule is N#Cc1c(F)cccc1OCC(O)COCc1cccs1. The molecule has 21 heavy (non-hydrogen) atoms. The van der Waals surface area contributed by atoms with Crippen LogP contribution < -0.4 is 4.74 Å². The van der Waals surface area contributed by atoms with Gasteiger partial charge in [0.25, 0.3) is 0 Å². The summed E-state index contributed by atoms with van der Waals surface area (Å²) in [4.78, 5) is 1.07. The highest BCUT2D eigenvalue weighted by Crippen LogP contribution is 2.20. The Bertz CT molecular complexity index is 610. The molecule has 2 aromatic rings. The van der Waals surface area contributed by atoms with Crippen molar-refractivity contribution in [1.82, 2.24) is 0 Å². The molecular formula is C15H14FNO3S. The third kappa shape index (κ3) is 4.53. The summed E-state index contributed by atoms with van der Waals surface area (Å²) in [5, 5.41) is 20.6. The molecule has 2 rings (SSSR count). The maximum Gasteiger partial charge on any atom is 0.144 e. The number of ether oxygens (including phenoxy) is 2. The molecule has 4 nitrogen and oxygen atoms in total. The number of hydrogen-bond donors (Lipinski definition) is 1. The molecule has 110 valence electrons. The van der Waals surface area contributed by atoms with Crippen molar-refractivity contribution < 1.29 is 19.0 Å². The summed E-state index contributed by atoms with van der Waals surface area (Å²) in [5.41, 5.74) is -0.163. The lowest BCUT2D eigenvalue weighted by Gasteiger charge is -2.13. The molecule has 0 radical (unpaired) electrons. The van der Waals surface area contributed by atoms with Crippen molar-refractivity contribution in [1.29, 1.82) is 5.26 Å². The third-order valence-electron chi connectivity index (χ3n) is 2.65. The summed E-state index contributed by atoms with van der Waals surface area (Å²) in [7, 11) is 0. The number of benzene rings is 1. The number of nitriles is 1. The van der Waals surface area contributed by atoms with Gasteiger partial charge in [0.2, 0.25) is 0 Å². The summed E-state index contributed by atoms with van der Waals surface area (Å²) in [6.07, 6.45) is -0.847. The van der Waals surface area contributed by atoms with Crippen LogP contribution in [-0.2, 0) is 11.3 Å². The van der Waals surface area contributed by atoms with E-state index in [0.717, 1.165) is 4.88 Å². The van der Waals surface area contributed by atoms with Gasteiger partial charge in [0.15, 0.2) is 0 Å². The molecule has 0 aliphatic heterocycles. The Morgan fingerprint density at radius 3 is 2.86 bits per heavy atom. The van der Waals surface area contributed by atoms with Gasteiger partial charge in [0.05, 0.1) is 13.2 Å². The Hall–Kier alpha value is -1.94. The Kier molecular flexibility index (Phi) is 5.69. The number of rotatable bonds is 7. The van der Waals surface area contributed by atoms with E-state index >= 15 is 0 Å². The van der Waals surface area contributed by atoms with Gasteiger partial charge in [-0.1, -0.05) is 12.1 Å². The molecule has 1 unspecified atom stereocenters. The van der Waals surface area contributed by atoms with Crippen LogP contribution in [-0.4, -0.2) is 24.4 Å². The number of aliphatic hydroxyl groups excluding tert-OH is 1. The van der Waals surface area contributed by atoms with Gasteiger partial charge in [-0.2, -0.15) is 5.26 Å². The van der Waals surface area contributed by atoms with E-state index in [2.05, 4.69) is 0 Å². The fourth-order valence-corrected chi connectivity index (χ4v) is 2.30. The minimum atomic E-state index is -0.847. The van der Waals surface area contributed by atoms with Crippen molar-refractivity contribution in [2.75, 3.05) is 13.2 Å². The van der Waals surface area contributed by atoms with E-state index in [0.29, 0.717) is 6.61 Å². The molecule has 1 N–H and O–H groups in total. The normalized spacial score (nSPS) is 11.9. The first-order valence-electron chi connectivity index (χ1n) is 6.30. The van der Waals surface area contributed by atoms with E-state index in [-0.39, 0.29) is 24.5 Å². The van der Waals surface area contributed by atoms with E-state index in [9.17, 15) is 9.50 Å². The Morgan fingerprint density at radius 1 is 1.29 bits per heavy atom. The first kappa shape index (κ1) is 15.4. The van der Waals surface area contributed by atoms with Crippen LogP contribution in [0.5, 0.6) is 5.75 Å². The number of hydrogen-bond acceptors (Lipinski definition) is 5. The summed E-state index contributed by atoms with van der Waals surface area (Å²) in [6, 6.07) is 9.73. The van der Waals surface area contributed by atoms with Gasteiger partial charge in [-0.15, -0.1) is 11.3 Å². The molecule has 0 bridgehead atoms. The molecule has 1 heterocycles. The Labute approximate surface area is 126 Å². The van der Waals surface area contributed by atoms with Crippen LogP contribution in [0.4, 0.5) is 4.39 Å². The molecule has 0 spiro atoms. The largest absolute Gasteiger partial charge is 0.489 e. The molecule has 1 aromatic heterocycles. The van der Waals surface area contributed by atoms with Crippen molar-refractivity contribution in [3.8, 4) is 11.8 Å². The van der Waals surface area contributed by atoms with Crippen LogP contribution in [0.15, 0.2) is 35.7 Å². The summed E-state index contributed by atoms with van der Waals surface area (Å²) in [5.74, 6) is -0.520. The van der Waals surface area contributed by atoms with E-state index in [1.165, 1.54) is 18.2 Å². The van der Waals surface area contributed by atoms with Gasteiger partial charge in [0.1, 0.15) is 35.9 Å². The van der Waals surface area contributed by atoms with Gasteiger partial charge < -0.3 is 14.6 Å². The second kappa shape index (κ2) is 7.74. The van der Waals surface area contributed by atoms with E-state index in [1.807, 2.05) is 17.5 Å². The predicted molar refractivity (Wildman–Crippen MR) is 76.6 cm³/mol. The van der Waals surface area contributed by atoms with Crippen molar-refractivity contribution in [3.63, 3.8) is 0 Å². The minimum absolute atomic E-state index is 0.0669. The average molecular weight is 307 g/mol. The quantitative estimate of drug-likeness (QED) is 0.854. The number of nitrogens with zero attached hydrogens (tertiary/aromatic N) is 1. The van der Waals surface area contributed by atoms with Gasteiger partial charge >= 0.3 is 0 Å². The molecule has 1 atom stereocenters. The van der Waals surface area contributed by atoms with Crippen molar-refractivity contribution >= 4 is 11.3 Å². The first-order chi connectivity index (χ1) is 10.2. The number of aliphatic hydroxyl groups is 1. The fourth-order valence-electron chi connectivity index (χ4n) is 1.66. The minimum Gasteiger partial charge on any atom is -0.489 e. The second-order valence-electron chi connectivity index (χ2n) is 4.28. The monoisotopic (exact) mass is 307 g/mol. The van der Waals surface area contributed by atoms with E-state index in [1.54, 1.807) is 17.4 Å². The predicted octanol–water partition coefficient (Wildman–Crippen LogP) is 2.72.